The zero-order valence-corrected chi connectivity index (χ0v) is 11.8. The average molecular weight is 267 g/mol. The van der Waals surface area contributed by atoms with E-state index in [1.54, 1.807) is 0 Å². The molecular weight excluding hydrogens is 251 g/mol. The van der Waals surface area contributed by atoms with Crippen molar-refractivity contribution < 1.29 is 0 Å². The summed E-state index contributed by atoms with van der Waals surface area (Å²) in [4.78, 5) is 0. The first kappa shape index (κ1) is 14.1. The van der Waals surface area contributed by atoms with Crippen LogP contribution in [-0.2, 0) is 0 Å². The maximum Gasteiger partial charge on any atom is 0.0435 e. The second-order valence-corrected chi connectivity index (χ2v) is 4.89. The smallest absolute Gasteiger partial charge is 0.0435 e. The van der Waals surface area contributed by atoms with Gasteiger partial charge in [-0.2, -0.15) is 0 Å². The molecule has 2 heteroatoms. The fourth-order valence-electron chi connectivity index (χ4n) is 1.33. The maximum absolute atomic E-state index is 5.78. The van der Waals surface area contributed by atoms with Crippen LogP contribution in [0.2, 0.25) is 10.0 Å². The SMILES string of the molecule is Cc1ccc(Cl)c(C)c1.Cc1ccc(Cl)cc1. The lowest BCUT2D eigenvalue weighted by molar-refractivity contribution is 1.39. The molecule has 2 aromatic rings. The van der Waals surface area contributed by atoms with Gasteiger partial charge in [-0.25, -0.2) is 0 Å². The van der Waals surface area contributed by atoms with Crippen molar-refractivity contribution in [3.8, 4) is 0 Å². The molecule has 0 saturated carbocycles. The van der Waals surface area contributed by atoms with Gasteiger partial charge < -0.3 is 0 Å². The van der Waals surface area contributed by atoms with Crippen molar-refractivity contribution in [2.45, 2.75) is 20.8 Å². The average Bonchev–Trinajstić information content (AvgIpc) is 2.29. The van der Waals surface area contributed by atoms with Crippen LogP contribution >= 0.6 is 23.2 Å². The number of aryl methyl sites for hydroxylation is 3. The summed E-state index contributed by atoms with van der Waals surface area (Å²) in [6.45, 7) is 6.11. The van der Waals surface area contributed by atoms with E-state index < -0.39 is 0 Å². The molecular formula is C15H16Cl2. The molecule has 0 aliphatic carbocycles. The molecule has 2 aromatic carbocycles. The summed E-state index contributed by atoms with van der Waals surface area (Å²) in [7, 11) is 0. The zero-order chi connectivity index (χ0) is 12.8. The van der Waals surface area contributed by atoms with E-state index in [-0.39, 0.29) is 0 Å². The van der Waals surface area contributed by atoms with Gasteiger partial charge in [-0.05, 0) is 44.5 Å². The van der Waals surface area contributed by atoms with E-state index in [4.69, 9.17) is 23.2 Å². The molecule has 0 saturated heterocycles. The zero-order valence-electron chi connectivity index (χ0n) is 10.3. The van der Waals surface area contributed by atoms with Gasteiger partial charge in [-0.15, -0.1) is 0 Å². The molecule has 0 spiro atoms. The number of rotatable bonds is 0. The van der Waals surface area contributed by atoms with Crippen molar-refractivity contribution >= 4 is 23.2 Å². The number of benzene rings is 2. The highest BCUT2D eigenvalue weighted by atomic mass is 35.5. The van der Waals surface area contributed by atoms with Crippen LogP contribution in [0.5, 0.6) is 0 Å². The molecule has 0 heterocycles. The Labute approximate surface area is 113 Å². The van der Waals surface area contributed by atoms with Crippen LogP contribution in [0.25, 0.3) is 0 Å². The van der Waals surface area contributed by atoms with Gasteiger partial charge in [0.2, 0.25) is 0 Å². The molecule has 0 aliphatic heterocycles. The molecule has 0 atom stereocenters. The molecule has 0 aliphatic rings. The standard InChI is InChI=1S/C8H9Cl.C7H7Cl/c1-6-3-4-8(9)7(2)5-6;1-6-2-4-7(8)5-3-6/h3-5H,1-2H3;2-5H,1H3. The molecule has 17 heavy (non-hydrogen) atoms. The minimum atomic E-state index is 0.801. The van der Waals surface area contributed by atoms with Crippen LogP contribution < -0.4 is 0 Å². The Kier molecular flexibility index (Phi) is 5.54. The van der Waals surface area contributed by atoms with Crippen LogP contribution in [-0.4, -0.2) is 0 Å². The molecule has 0 N–H and O–H groups in total. The second kappa shape index (κ2) is 6.68. The fourth-order valence-corrected chi connectivity index (χ4v) is 1.57. The Hall–Kier alpha value is -0.980. The first-order valence-electron chi connectivity index (χ1n) is 5.44. The Morgan fingerprint density at radius 2 is 1.24 bits per heavy atom. The monoisotopic (exact) mass is 266 g/mol. The number of hydrogen-bond acceptors (Lipinski definition) is 0. The van der Waals surface area contributed by atoms with E-state index in [1.807, 2.05) is 50.2 Å². The normalized spacial score (nSPS) is 9.47. The van der Waals surface area contributed by atoms with Crippen LogP contribution in [0.1, 0.15) is 16.7 Å². The minimum absolute atomic E-state index is 0.801. The lowest BCUT2D eigenvalue weighted by Crippen LogP contribution is -1.75. The van der Waals surface area contributed by atoms with Crippen molar-refractivity contribution in [3.63, 3.8) is 0 Å². The third kappa shape index (κ3) is 5.25. The summed E-state index contributed by atoms with van der Waals surface area (Å²) in [5.41, 5.74) is 3.66. The van der Waals surface area contributed by atoms with Crippen molar-refractivity contribution in [1.82, 2.24) is 0 Å². The van der Waals surface area contributed by atoms with Crippen LogP contribution in [0.3, 0.4) is 0 Å². The van der Waals surface area contributed by atoms with Crippen LogP contribution in [0, 0.1) is 20.8 Å². The number of hydrogen-bond donors (Lipinski definition) is 0. The molecule has 0 aromatic heterocycles. The summed E-state index contributed by atoms with van der Waals surface area (Å²) in [6, 6.07) is 13.8. The van der Waals surface area contributed by atoms with Crippen LogP contribution in [0.15, 0.2) is 42.5 Å². The Morgan fingerprint density at radius 1 is 0.706 bits per heavy atom. The quantitative estimate of drug-likeness (QED) is 0.582. The van der Waals surface area contributed by atoms with E-state index in [0.29, 0.717) is 0 Å². The van der Waals surface area contributed by atoms with E-state index in [9.17, 15) is 0 Å². The third-order valence-electron chi connectivity index (χ3n) is 2.32. The first-order chi connectivity index (χ1) is 7.99. The molecule has 90 valence electrons. The Bertz CT molecular complexity index is 452. The fraction of sp³-hybridized carbons (Fsp3) is 0.200. The highest BCUT2D eigenvalue weighted by Gasteiger charge is 1.91. The van der Waals surface area contributed by atoms with Crippen molar-refractivity contribution in [2.24, 2.45) is 0 Å². The Balaban J connectivity index is 0.000000171. The Morgan fingerprint density at radius 3 is 1.65 bits per heavy atom. The summed E-state index contributed by atoms with van der Waals surface area (Å²) in [6.07, 6.45) is 0. The topological polar surface area (TPSA) is 0 Å². The van der Waals surface area contributed by atoms with E-state index in [2.05, 4.69) is 13.0 Å². The summed E-state index contributed by atoms with van der Waals surface area (Å²) < 4.78 is 0. The molecule has 2 rings (SSSR count). The largest absolute Gasteiger partial charge is 0.0843 e. The van der Waals surface area contributed by atoms with E-state index in [1.165, 1.54) is 11.1 Å². The minimum Gasteiger partial charge on any atom is -0.0843 e. The second-order valence-electron chi connectivity index (χ2n) is 4.05. The van der Waals surface area contributed by atoms with Gasteiger partial charge >= 0.3 is 0 Å². The maximum atomic E-state index is 5.78. The molecule has 0 amide bonds. The van der Waals surface area contributed by atoms with Gasteiger partial charge in [0.1, 0.15) is 0 Å². The summed E-state index contributed by atoms with van der Waals surface area (Å²) >= 11 is 11.4. The molecule has 0 nitrogen and oxygen atoms in total. The van der Waals surface area contributed by atoms with E-state index in [0.717, 1.165) is 15.6 Å². The van der Waals surface area contributed by atoms with Gasteiger partial charge in [0, 0.05) is 10.0 Å². The molecule has 0 fully saturated rings. The van der Waals surface area contributed by atoms with Gasteiger partial charge in [0.25, 0.3) is 0 Å². The van der Waals surface area contributed by atoms with Gasteiger partial charge in [0.15, 0.2) is 0 Å². The predicted molar refractivity (Wildman–Crippen MR) is 77.1 cm³/mol. The highest BCUT2D eigenvalue weighted by molar-refractivity contribution is 6.31. The van der Waals surface area contributed by atoms with E-state index >= 15 is 0 Å². The van der Waals surface area contributed by atoms with Crippen molar-refractivity contribution in [3.05, 3.63) is 69.2 Å². The highest BCUT2D eigenvalue weighted by Crippen LogP contribution is 2.15. The molecule has 0 radical (unpaired) electrons. The lowest BCUT2D eigenvalue weighted by Gasteiger charge is -1.96. The van der Waals surface area contributed by atoms with Gasteiger partial charge in [-0.3, -0.25) is 0 Å². The van der Waals surface area contributed by atoms with Gasteiger partial charge in [-0.1, -0.05) is 58.6 Å². The van der Waals surface area contributed by atoms with Crippen molar-refractivity contribution in [1.29, 1.82) is 0 Å². The molecule has 0 unspecified atom stereocenters. The first-order valence-corrected chi connectivity index (χ1v) is 6.19. The van der Waals surface area contributed by atoms with Crippen LogP contribution in [0.4, 0.5) is 0 Å². The number of halogens is 2. The lowest BCUT2D eigenvalue weighted by atomic mass is 10.2. The molecule has 0 bridgehead atoms. The summed E-state index contributed by atoms with van der Waals surface area (Å²) in [5.74, 6) is 0. The summed E-state index contributed by atoms with van der Waals surface area (Å²) in [5, 5.41) is 1.65. The third-order valence-corrected chi connectivity index (χ3v) is 3.00. The van der Waals surface area contributed by atoms with Crippen molar-refractivity contribution in [2.75, 3.05) is 0 Å². The van der Waals surface area contributed by atoms with Gasteiger partial charge in [0.05, 0.1) is 0 Å². The predicted octanol–water partition coefficient (Wildman–Crippen LogP) is 5.61.